The van der Waals surface area contributed by atoms with E-state index < -0.39 is 0 Å². The van der Waals surface area contributed by atoms with Crippen molar-refractivity contribution in [3.05, 3.63) is 35.7 Å². The van der Waals surface area contributed by atoms with Crippen molar-refractivity contribution >= 4 is 17.7 Å². The van der Waals surface area contributed by atoms with Crippen LogP contribution in [0, 0.1) is 6.92 Å². The summed E-state index contributed by atoms with van der Waals surface area (Å²) in [6.07, 6.45) is 6.18. The second-order valence-electron chi connectivity index (χ2n) is 7.08. The van der Waals surface area contributed by atoms with Crippen molar-refractivity contribution in [1.82, 2.24) is 19.7 Å². The van der Waals surface area contributed by atoms with Crippen LogP contribution in [-0.4, -0.2) is 45.5 Å². The topological polar surface area (TPSA) is 60.2 Å². The highest BCUT2D eigenvalue weighted by Gasteiger charge is 2.22. The number of nitrogens with zero attached hydrogens (tertiary/aromatic N) is 4. The lowest BCUT2D eigenvalue weighted by Gasteiger charge is -2.25. The number of methoxy groups -OCH3 is 1. The Hall–Kier alpha value is -2.02. The molecule has 1 heterocycles. The standard InChI is InChI=1S/C20H28N4O2S/c1-15-21-22-20(24(15)17-9-5-4-6-10-17)27-14-19(25)23(2)13-16-8-7-11-18(12-16)26-3/h7-8,11-12,17H,4-6,9-10,13-14H2,1-3H3. The number of rotatable bonds is 7. The molecular formula is C20H28N4O2S. The SMILES string of the molecule is COc1cccc(CN(C)C(=O)CSc2nnc(C)n2C2CCCCC2)c1. The van der Waals surface area contributed by atoms with E-state index >= 15 is 0 Å². The third-order valence-electron chi connectivity index (χ3n) is 5.08. The fraction of sp³-hybridized carbons (Fsp3) is 0.550. The number of carbonyl (C=O) groups excluding carboxylic acids is 1. The highest BCUT2D eigenvalue weighted by Crippen LogP contribution is 2.32. The maximum absolute atomic E-state index is 12.6. The Morgan fingerprint density at radius 3 is 2.81 bits per heavy atom. The summed E-state index contributed by atoms with van der Waals surface area (Å²) in [6, 6.07) is 8.28. The molecule has 1 aromatic carbocycles. The number of ether oxygens (including phenoxy) is 1. The number of hydrogen-bond donors (Lipinski definition) is 0. The van der Waals surface area contributed by atoms with E-state index in [1.54, 1.807) is 12.0 Å². The van der Waals surface area contributed by atoms with Gasteiger partial charge in [-0.05, 0) is 37.5 Å². The van der Waals surface area contributed by atoms with Crippen LogP contribution in [0.25, 0.3) is 0 Å². The number of thioether (sulfide) groups is 1. The van der Waals surface area contributed by atoms with E-state index in [0.717, 1.165) is 22.3 Å². The molecule has 2 aromatic rings. The predicted molar refractivity (Wildman–Crippen MR) is 107 cm³/mol. The quantitative estimate of drug-likeness (QED) is 0.674. The summed E-state index contributed by atoms with van der Waals surface area (Å²) in [5.74, 6) is 2.20. The van der Waals surface area contributed by atoms with Gasteiger partial charge in [-0.1, -0.05) is 43.2 Å². The third kappa shape index (κ3) is 5.03. The Labute approximate surface area is 165 Å². The molecule has 1 fully saturated rings. The van der Waals surface area contributed by atoms with Gasteiger partial charge >= 0.3 is 0 Å². The van der Waals surface area contributed by atoms with Crippen LogP contribution in [0.1, 0.15) is 49.5 Å². The molecule has 6 nitrogen and oxygen atoms in total. The van der Waals surface area contributed by atoms with Crippen LogP contribution in [0.15, 0.2) is 29.4 Å². The largest absolute Gasteiger partial charge is 0.497 e. The van der Waals surface area contributed by atoms with Gasteiger partial charge in [-0.15, -0.1) is 10.2 Å². The van der Waals surface area contributed by atoms with Crippen LogP contribution in [0.2, 0.25) is 0 Å². The van der Waals surface area contributed by atoms with Gasteiger partial charge in [0.2, 0.25) is 5.91 Å². The van der Waals surface area contributed by atoms with Gasteiger partial charge in [0.05, 0.1) is 12.9 Å². The van der Waals surface area contributed by atoms with E-state index in [0.29, 0.717) is 18.3 Å². The minimum absolute atomic E-state index is 0.0821. The average molecular weight is 389 g/mol. The molecule has 0 atom stereocenters. The summed E-state index contributed by atoms with van der Waals surface area (Å²) >= 11 is 1.49. The molecule has 0 bridgehead atoms. The predicted octanol–water partition coefficient (Wildman–Crippen LogP) is 3.85. The van der Waals surface area contributed by atoms with E-state index in [2.05, 4.69) is 14.8 Å². The zero-order chi connectivity index (χ0) is 19.2. The highest BCUT2D eigenvalue weighted by molar-refractivity contribution is 7.99. The summed E-state index contributed by atoms with van der Waals surface area (Å²) in [7, 11) is 3.48. The van der Waals surface area contributed by atoms with Gasteiger partial charge in [-0.2, -0.15) is 0 Å². The van der Waals surface area contributed by atoms with Crippen molar-refractivity contribution in [2.75, 3.05) is 19.9 Å². The molecule has 0 aliphatic heterocycles. The van der Waals surface area contributed by atoms with Gasteiger partial charge in [0, 0.05) is 19.6 Å². The van der Waals surface area contributed by atoms with Crippen molar-refractivity contribution in [1.29, 1.82) is 0 Å². The lowest BCUT2D eigenvalue weighted by Crippen LogP contribution is -2.28. The first-order valence-electron chi connectivity index (χ1n) is 9.49. The van der Waals surface area contributed by atoms with Crippen LogP contribution in [0.5, 0.6) is 5.75 Å². The van der Waals surface area contributed by atoms with Crippen molar-refractivity contribution in [2.24, 2.45) is 0 Å². The van der Waals surface area contributed by atoms with E-state index in [-0.39, 0.29) is 5.91 Å². The van der Waals surface area contributed by atoms with Gasteiger partial charge in [-0.3, -0.25) is 4.79 Å². The zero-order valence-electron chi connectivity index (χ0n) is 16.4. The van der Waals surface area contributed by atoms with Gasteiger partial charge in [0.25, 0.3) is 0 Å². The summed E-state index contributed by atoms with van der Waals surface area (Å²) in [5.41, 5.74) is 1.05. The van der Waals surface area contributed by atoms with E-state index in [9.17, 15) is 4.79 Å². The molecule has 1 amide bonds. The number of benzene rings is 1. The maximum Gasteiger partial charge on any atom is 0.233 e. The van der Waals surface area contributed by atoms with Crippen LogP contribution < -0.4 is 4.74 Å². The van der Waals surface area contributed by atoms with E-state index in [1.165, 1.54) is 43.9 Å². The van der Waals surface area contributed by atoms with Crippen LogP contribution >= 0.6 is 11.8 Å². The Balaban J connectivity index is 1.58. The number of hydrogen-bond acceptors (Lipinski definition) is 5. The van der Waals surface area contributed by atoms with E-state index in [1.807, 2.05) is 38.2 Å². The molecule has 7 heteroatoms. The van der Waals surface area contributed by atoms with Crippen LogP contribution in [0.3, 0.4) is 0 Å². The number of amides is 1. The lowest BCUT2D eigenvalue weighted by atomic mass is 9.95. The minimum Gasteiger partial charge on any atom is -0.497 e. The molecule has 146 valence electrons. The molecule has 1 aliphatic carbocycles. The lowest BCUT2D eigenvalue weighted by molar-refractivity contribution is -0.127. The normalized spacial score (nSPS) is 14.9. The van der Waals surface area contributed by atoms with Crippen LogP contribution in [-0.2, 0) is 11.3 Å². The number of aromatic nitrogens is 3. The summed E-state index contributed by atoms with van der Waals surface area (Å²) in [6.45, 7) is 2.56. The van der Waals surface area contributed by atoms with Crippen molar-refractivity contribution < 1.29 is 9.53 Å². The Bertz CT molecular complexity index is 771. The van der Waals surface area contributed by atoms with Gasteiger partial charge in [0.1, 0.15) is 11.6 Å². The number of aryl methyl sites for hydroxylation is 1. The molecule has 0 unspecified atom stereocenters. The zero-order valence-corrected chi connectivity index (χ0v) is 17.2. The molecule has 27 heavy (non-hydrogen) atoms. The molecule has 1 aliphatic rings. The molecular weight excluding hydrogens is 360 g/mol. The smallest absolute Gasteiger partial charge is 0.233 e. The molecule has 1 aromatic heterocycles. The van der Waals surface area contributed by atoms with Gasteiger partial charge in [0.15, 0.2) is 5.16 Å². The first-order valence-corrected chi connectivity index (χ1v) is 10.5. The second kappa shape index (κ2) is 9.26. The van der Waals surface area contributed by atoms with Gasteiger partial charge in [-0.25, -0.2) is 0 Å². The minimum atomic E-state index is 0.0821. The van der Waals surface area contributed by atoms with Gasteiger partial charge < -0.3 is 14.2 Å². The van der Waals surface area contributed by atoms with Crippen molar-refractivity contribution in [3.8, 4) is 5.75 Å². The molecule has 0 spiro atoms. The van der Waals surface area contributed by atoms with Crippen molar-refractivity contribution in [2.45, 2.75) is 56.8 Å². The Kier molecular flexibility index (Phi) is 6.77. The van der Waals surface area contributed by atoms with E-state index in [4.69, 9.17) is 4.74 Å². The third-order valence-corrected chi connectivity index (χ3v) is 6.01. The highest BCUT2D eigenvalue weighted by atomic mass is 32.2. The first kappa shape index (κ1) is 19.7. The van der Waals surface area contributed by atoms with Crippen LogP contribution in [0.4, 0.5) is 0 Å². The van der Waals surface area contributed by atoms with Crippen molar-refractivity contribution in [3.63, 3.8) is 0 Å². The fourth-order valence-electron chi connectivity index (χ4n) is 3.58. The second-order valence-corrected chi connectivity index (χ2v) is 8.02. The molecule has 1 saturated carbocycles. The monoisotopic (exact) mass is 388 g/mol. The average Bonchev–Trinajstić information content (AvgIpc) is 3.07. The molecule has 3 rings (SSSR count). The number of carbonyl (C=O) groups is 1. The fourth-order valence-corrected chi connectivity index (χ4v) is 4.57. The summed E-state index contributed by atoms with van der Waals surface area (Å²) < 4.78 is 7.49. The Morgan fingerprint density at radius 2 is 2.07 bits per heavy atom. The Morgan fingerprint density at radius 1 is 1.30 bits per heavy atom. The first-order chi connectivity index (χ1) is 13.1. The molecule has 0 radical (unpaired) electrons. The summed E-state index contributed by atoms with van der Waals surface area (Å²) in [4.78, 5) is 14.3. The molecule has 0 N–H and O–H groups in total. The molecule has 0 saturated heterocycles. The summed E-state index contributed by atoms with van der Waals surface area (Å²) in [5, 5.41) is 9.44. The maximum atomic E-state index is 12.6.